The maximum atomic E-state index is 11.8. The van der Waals surface area contributed by atoms with Gasteiger partial charge < -0.3 is 23.5 Å². The Morgan fingerprint density at radius 2 is 2.04 bits per heavy atom. The van der Waals surface area contributed by atoms with Gasteiger partial charge in [0.15, 0.2) is 11.9 Å². The van der Waals surface area contributed by atoms with Gasteiger partial charge in [-0.2, -0.15) is 4.68 Å². The minimum Gasteiger partial charge on any atom is -0.497 e. The molecule has 0 aliphatic carbocycles. The fourth-order valence-corrected chi connectivity index (χ4v) is 4.32. The number of esters is 1. The molecule has 0 amide bonds. The molecule has 0 bridgehead atoms. The van der Waals surface area contributed by atoms with Crippen LogP contribution in [-0.2, 0) is 16.2 Å². The molecular formula is C17H22N3O5S2+. The number of carbonyl (C=O) groups is 1. The van der Waals surface area contributed by atoms with E-state index in [0.717, 1.165) is 12.3 Å². The monoisotopic (exact) mass is 412 g/mol. The maximum Gasteiger partial charge on any atom is 0.324 e. The minimum absolute atomic E-state index is 0.165. The summed E-state index contributed by atoms with van der Waals surface area (Å²) in [5.41, 5.74) is 0.715. The predicted octanol–water partition coefficient (Wildman–Crippen LogP) is 1.02. The van der Waals surface area contributed by atoms with E-state index in [1.807, 2.05) is 12.1 Å². The van der Waals surface area contributed by atoms with Crippen molar-refractivity contribution < 1.29 is 28.3 Å². The molecule has 1 fully saturated rings. The zero-order valence-corrected chi connectivity index (χ0v) is 17.0. The summed E-state index contributed by atoms with van der Waals surface area (Å²) in [5.74, 6) is 2.36. The molecule has 1 aromatic heterocycles. The third kappa shape index (κ3) is 4.63. The van der Waals surface area contributed by atoms with Crippen LogP contribution < -0.4 is 14.4 Å². The predicted molar refractivity (Wildman–Crippen MR) is 103 cm³/mol. The molecule has 1 N–H and O–H groups in total. The van der Waals surface area contributed by atoms with Crippen molar-refractivity contribution in [3.8, 4) is 23.0 Å². The molecule has 1 aliphatic heterocycles. The number of nitrogens with zero attached hydrogens (tertiary/aromatic N) is 2. The lowest BCUT2D eigenvalue weighted by Crippen LogP contribution is -3.14. The van der Waals surface area contributed by atoms with Crippen LogP contribution in [0, 0.1) is 4.84 Å². The van der Waals surface area contributed by atoms with Gasteiger partial charge in [0.2, 0.25) is 5.89 Å². The van der Waals surface area contributed by atoms with Crippen molar-refractivity contribution in [2.24, 2.45) is 0 Å². The zero-order chi connectivity index (χ0) is 19.4. The summed E-state index contributed by atoms with van der Waals surface area (Å²) in [6.07, 6.45) is 0. The van der Waals surface area contributed by atoms with Crippen LogP contribution in [0.25, 0.3) is 11.5 Å². The first-order valence-corrected chi connectivity index (χ1v) is 9.84. The van der Waals surface area contributed by atoms with Gasteiger partial charge in [0.1, 0.15) is 18.0 Å². The van der Waals surface area contributed by atoms with E-state index < -0.39 is 0 Å². The molecule has 2 aromatic rings. The Labute approximate surface area is 166 Å². The van der Waals surface area contributed by atoms with E-state index in [1.54, 1.807) is 36.7 Å². The van der Waals surface area contributed by atoms with Crippen molar-refractivity contribution in [1.29, 1.82) is 0 Å². The molecule has 146 valence electrons. The topological polar surface area (TPSA) is 80.2 Å². The van der Waals surface area contributed by atoms with Crippen molar-refractivity contribution in [1.82, 2.24) is 9.78 Å². The van der Waals surface area contributed by atoms with E-state index in [4.69, 9.17) is 30.8 Å². The summed E-state index contributed by atoms with van der Waals surface area (Å²) in [5, 5.41) is 4.34. The average molecular weight is 413 g/mol. The lowest BCUT2D eigenvalue weighted by Gasteiger charge is -2.27. The molecule has 1 aromatic carbocycles. The molecule has 3 rings (SSSR count). The maximum absolute atomic E-state index is 11.8. The van der Waals surface area contributed by atoms with E-state index in [0.29, 0.717) is 36.2 Å². The van der Waals surface area contributed by atoms with Gasteiger partial charge >= 0.3 is 5.97 Å². The van der Waals surface area contributed by atoms with Gasteiger partial charge in [0.25, 0.3) is 4.84 Å². The van der Waals surface area contributed by atoms with Crippen LogP contribution in [0.15, 0.2) is 22.6 Å². The molecule has 0 spiro atoms. The molecule has 0 radical (unpaired) electrons. The Morgan fingerprint density at radius 3 is 2.67 bits per heavy atom. The number of thioether (sulfide) groups is 1. The van der Waals surface area contributed by atoms with E-state index in [2.05, 4.69) is 5.10 Å². The van der Waals surface area contributed by atoms with Gasteiger partial charge in [-0.25, -0.2) is 0 Å². The van der Waals surface area contributed by atoms with Gasteiger partial charge in [-0.3, -0.25) is 4.79 Å². The normalized spacial score (nSPS) is 19.5. The molecule has 27 heavy (non-hydrogen) atoms. The van der Waals surface area contributed by atoms with Crippen LogP contribution in [-0.4, -0.2) is 61.2 Å². The molecule has 1 aliphatic rings. The van der Waals surface area contributed by atoms with E-state index in [9.17, 15) is 4.79 Å². The summed E-state index contributed by atoms with van der Waals surface area (Å²) < 4.78 is 22.8. The fourth-order valence-electron chi connectivity index (χ4n) is 2.86. The van der Waals surface area contributed by atoms with Crippen molar-refractivity contribution in [3.63, 3.8) is 0 Å². The van der Waals surface area contributed by atoms with Crippen LogP contribution in [0.3, 0.4) is 0 Å². The van der Waals surface area contributed by atoms with E-state index in [-0.39, 0.29) is 16.1 Å². The molecule has 2 atom stereocenters. The quantitative estimate of drug-likeness (QED) is 0.557. The molecule has 8 nitrogen and oxygen atoms in total. The number of carbonyl (C=O) groups excluding carboxylic acids is 1. The second-order valence-electron chi connectivity index (χ2n) is 6.02. The van der Waals surface area contributed by atoms with Crippen molar-refractivity contribution >= 4 is 29.9 Å². The fraction of sp³-hybridized carbons (Fsp3) is 0.471. The molecular weight excluding hydrogens is 390 g/mol. The van der Waals surface area contributed by atoms with Crippen LogP contribution >= 0.6 is 24.0 Å². The van der Waals surface area contributed by atoms with Gasteiger partial charge in [0, 0.05) is 17.4 Å². The summed E-state index contributed by atoms with van der Waals surface area (Å²) in [7, 11) is 4.59. The van der Waals surface area contributed by atoms with Crippen molar-refractivity contribution in [2.45, 2.75) is 11.9 Å². The molecule has 1 saturated heterocycles. The third-order valence-electron chi connectivity index (χ3n) is 4.29. The Morgan fingerprint density at radius 1 is 1.33 bits per heavy atom. The average Bonchev–Trinajstić information content (AvgIpc) is 3.07. The number of methoxy groups -OCH3 is 3. The summed E-state index contributed by atoms with van der Waals surface area (Å²) in [6, 6.07) is 5.40. The number of quaternary nitrogens is 1. The van der Waals surface area contributed by atoms with Crippen LogP contribution in [0.1, 0.15) is 0 Å². The second-order valence-corrected chi connectivity index (χ2v) is 7.68. The van der Waals surface area contributed by atoms with Crippen molar-refractivity contribution in [2.75, 3.05) is 40.2 Å². The Hall–Kier alpha value is -2.04. The van der Waals surface area contributed by atoms with Crippen LogP contribution in [0.4, 0.5) is 0 Å². The third-order valence-corrected chi connectivity index (χ3v) is 5.79. The van der Waals surface area contributed by atoms with Gasteiger partial charge in [-0.1, -0.05) is 0 Å². The molecule has 2 heterocycles. The van der Waals surface area contributed by atoms with Crippen LogP contribution in [0.5, 0.6) is 11.5 Å². The standard InChI is InChI=1S/C17H21N3O5S2/c1-22-12-6-11(7-13(8-12)23-2)15-18-20(17(26)25-15)10-19-4-5-27-14(9-19)16(21)24-3/h6-8,14H,4-5,9-10H2,1-3H3/p+1/t14-/m0/s1. The Kier molecular flexibility index (Phi) is 6.40. The lowest BCUT2D eigenvalue weighted by molar-refractivity contribution is -0.921. The smallest absolute Gasteiger partial charge is 0.324 e. The SMILES string of the molecule is COC(=O)[C@@H]1C[NH+](Cn2nc(-c3cc(OC)cc(OC)c3)oc2=S)CCS1. The number of nitrogens with one attached hydrogen (secondary N) is 1. The van der Waals surface area contributed by atoms with E-state index in [1.165, 1.54) is 12.0 Å². The number of ether oxygens (including phenoxy) is 3. The first-order chi connectivity index (χ1) is 13.0. The van der Waals surface area contributed by atoms with Crippen molar-refractivity contribution in [3.05, 3.63) is 23.0 Å². The lowest BCUT2D eigenvalue weighted by atomic mass is 10.2. The Bertz CT molecular complexity index is 844. The number of aromatic nitrogens is 2. The summed E-state index contributed by atoms with van der Waals surface area (Å²) in [4.78, 5) is 13.3. The molecule has 1 unspecified atom stereocenters. The first-order valence-electron chi connectivity index (χ1n) is 8.38. The largest absolute Gasteiger partial charge is 0.497 e. The van der Waals surface area contributed by atoms with Crippen LogP contribution in [0.2, 0.25) is 0 Å². The van der Waals surface area contributed by atoms with Gasteiger partial charge in [-0.05, 0) is 24.4 Å². The highest BCUT2D eigenvalue weighted by atomic mass is 32.2. The summed E-state index contributed by atoms with van der Waals surface area (Å²) in [6.45, 7) is 2.10. The molecule has 10 heteroatoms. The highest BCUT2D eigenvalue weighted by Crippen LogP contribution is 2.28. The number of hydrogen-bond donors (Lipinski definition) is 1. The van der Waals surface area contributed by atoms with Gasteiger partial charge in [0.05, 0.1) is 27.9 Å². The molecule has 0 saturated carbocycles. The second kappa shape index (κ2) is 8.77. The number of hydrogen-bond acceptors (Lipinski definition) is 8. The first kappa shape index (κ1) is 19.7. The number of benzene rings is 1. The summed E-state index contributed by atoms with van der Waals surface area (Å²) >= 11 is 6.95. The Balaban J connectivity index is 1.79. The zero-order valence-electron chi connectivity index (χ0n) is 15.4. The van der Waals surface area contributed by atoms with E-state index >= 15 is 0 Å². The van der Waals surface area contributed by atoms with Gasteiger partial charge in [-0.15, -0.1) is 16.9 Å². The minimum atomic E-state index is -0.190. The number of rotatable bonds is 6. The highest BCUT2D eigenvalue weighted by molar-refractivity contribution is 8.00. The highest BCUT2D eigenvalue weighted by Gasteiger charge is 2.30.